The van der Waals surface area contributed by atoms with E-state index in [1.807, 2.05) is 37.3 Å². The van der Waals surface area contributed by atoms with Crippen molar-refractivity contribution in [3.8, 4) is 0 Å². The first-order valence-corrected chi connectivity index (χ1v) is 13.1. The predicted octanol–water partition coefficient (Wildman–Crippen LogP) is 5.03. The van der Waals surface area contributed by atoms with E-state index in [9.17, 15) is 9.59 Å². The summed E-state index contributed by atoms with van der Waals surface area (Å²) in [5.74, 6) is -0.224. The van der Waals surface area contributed by atoms with Crippen LogP contribution >= 0.6 is 0 Å². The van der Waals surface area contributed by atoms with Crippen LogP contribution < -0.4 is 0 Å². The van der Waals surface area contributed by atoms with Crippen LogP contribution in [0.4, 0.5) is 0 Å². The molecule has 0 amide bonds. The molecule has 1 aromatic rings. The molecule has 0 saturated heterocycles. The van der Waals surface area contributed by atoms with Crippen molar-refractivity contribution in [1.29, 1.82) is 0 Å². The van der Waals surface area contributed by atoms with E-state index < -0.39 is 13.7 Å². The van der Waals surface area contributed by atoms with Gasteiger partial charge in [0.15, 0.2) is 8.32 Å². The Morgan fingerprint density at radius 3 is 2.36 bits per heavy atom. The highest BCUT2D eigenvalue weighted by molar-refractivity contribution is 6.74. The molecule has 1 aromatic carbocycles. The molecule has 1 fully saturated rings. The van der Waals surface area contributed by atoms with Crippen LogP contribution in [0.15, 0.2) is 30.3 Å². The lowest BCUT2D eigenvalue weighted by Crippen LogP contribution is -2.45. The van der Waals surface area contributed by atoms with Crippen LogP contribution in [0.3, 0.4) is 0 Å². The van der Waals surface area contributed by atoms with Crippen molar-refractivity contribution >= 4 is 19.9 Å². The summed E-state index contributed by atoms with van der Waals surface area (Å²) in [6.45, 7) is 15.8. The molecule has 0 aromatic heterocycles. The maximum Gasteiger partial charge on any atom is 0.191 e. The molecule has 1 aliphatic rings. The number of Topliss-reactive ketones (excluding diaryl/α,β-unsaturated/α-hetero) is 2. The molecule has 28 heavy (non-hydrogen) atoms. The predicted molar refractivity (Wildman–Crippen MR) is 115 cm³/mol. The SMILES string of the molecule is CC(=O)[C@H]1CC(=O)[C@@](C)(COCc2ccccc2)[C@@H]1CO[Si](C)(C)C(C)(C)C. The smallest absolute Gasteiger partial charge is 0.191 e. The first kappa shape index (κ1) is 23.0. The van der Waals surface area contributed by atoms with Gasteiger partial charge in [-0.25, -0.2) is 0 Å². The summed E-state index contributed by atoms with van der Waals surface area (Å²) in [4.78, 5) is 25.2. The lowest BCUT2D eigenvalue weighted by atomic mass is 9.76. The molecule has 1 aliphatic carbocycles. The van der Waals surface area contributed by atoms with Crippen LogP contribution in [-0.4, -0.2) is 33.1 Å². The van der Waals surface area contributed by atoms with Crippen LogP contribution in [0.5, 0.6) is 0 Å². The second-order valence-corrected chi connectivity index (χ2v) is 14.7. The minimum Gasteiger partial charge on any atom is -0.416 e. The van der Waals surface area contributed by atoms with E-state index in [1.165, 1.54) is 0 Å². The van der Waals surface area contributed by atoms with Crippen molar-refractivity contribution in [2.24, 2.45) is 17.3 Å². The van der Waals surface area contributed by atoms with Gasteiger partial charge in [0.05, 0.1) is 18.6 Å². The standard InChI is InChI=1S/C23H36O4Si/c1-17(24)19-13-21(25)23(5,16-26-14-18-11-9-8-10-12-18)20(19)15-27-28(6,7)22(2,3)4/h8-12,19-20H,13-16H2,1-7H3/t19-,20-,23+/m1/s1. The number of carbonyl (C=O) groups excluding carboxylic acids is 2. The summed E-state index contributed by atoms with van der Waals surface area (Å²) in [6, 6.07) is 9.94. The monoisotopic (exact) mass is 404 g/mol. The van der Waals surface area contributed by atoms with E-state index in [0.29, 0.717) is 26.2 Å². The van der Waals surface area contributed by atoms with E-state index in [4.69, 9.17) is 9.16 Å². The summed E-state index contributed by atoms with van der Waals surface area (Å²) >= 11 is 0. The zero-order valence-corrected chi connectivity index (χ0v) is 19.5. The number of ether oxygens (including phenoxy) is 1. The molecule has 0 bridgehead atoms. The Labute approximate surface area is 171 Å². The number of carbonyl (C=O) groups is 2. The van der Waals surface area contributed by atoms with Gasteiger partial charge in [0.2, 0.25) is 0 Å². The largest absolute Gasteiger partial charge is 0.416 e. The van der Waals surface area contributed by atoms with Crippen LogP contribution in [0.2, 0.25) is 18.1 Å². The van der Waals surface area contributed by atoms with Gasteiger partial charge in [-0.1, -0.05) is 58.0 Å². The van der Waals surface area contributed by atoms with Crippen LogP contribution in [0.1, 0.15) is 46.6 Å². The lowest BCUT2D eigenvalue weighted by Gasteiger charge is -2.39. The number of hydrogen-bond donors (Lipinski definition) is 0. The van der Waals surface area contributed by atoms with Gasteiger partial charge in [0.1, 0.15) is 11.6 Å². The Morgan fingerprint density at radius 2 is 1.82 bits per heavy atom. The first-order valence-electron chi connectivity index (χ1n) is 10.2. The summed E-state index contributed by atoms with van der Waals surface area (Å²) in [6.07, 6.45) is 0.298. The molecule has 5 heteroatoms. The quantitative estimate of drug-likeness (QED) is 0.571. The van der Waals surface area contributed by atoms with E-state index in [2.05, 4.69) is 33.9 Å². The van der Waals surface area contributed by atoms with Crippen LogP contribution in [-0.2, 0) is 25.4 Å². The second-order valence-electron chi connectivity index (χ2n) is 9.92. The molecule has 0 heterocycles. The number of hydrogen-bond acceptors (Lipinski definition) is 4. The molecule has 0 unspecified atom stereocenters. The molecule has 0 radical (unpaired) electrons. The lowest BCUT2D eigenvalue weighted by molar-refractivity contribution is -0.131. The third-order valence-electron chi connectivity index (χ3n) is 6.81. The maximum absolute atomic E-state index is 12.9. The highest BCUT2D eigenvalue weighted by Gasteiger charge is 2.54. The Hall–Kier alpha value is -1.30. The fourth-order valence-corrected chi connectivity index (χ4v) is 4.64. The van der Waals surface area contributed by atoms with Gasteiger partial charge in [0, 0.05) is 24.9 Å². The molecule has 4 nitrogen and oxygen atoms in total. The highest BCUT2D eigenvalue weighted by atomic mass is 28.4. The average Bonchev–Trinajstić information content (AvgIpc) is 2.84. The van der Waals surface area contributed by atoms with Gasteiger partial charge in [-0.15, -0.1) is 0 Å². The molecule has 0 N–H and O–H groups in total. The fourth-order valence-electron chi connectivity index (χ4n) is 3.61. The topological polar surface area (TPSA) is 52.6 Å². The van der Waals surface area contributed by atoms with E-state index >= 15 is 0 Å². The number of ketones is 2. The minimum atomic E-state index is -1.97. The fraction of sp³-hybridized carbons (Fsp3) is 0.652. The molecule has 156 valence electrons. The summed E-state index contributed by atoms with van der Waals surface area (Å²) in [7, 11) is -1.97. The zero-order chi connectivity index (χ0) is 21.2. The second kappa shape index (κ2) is 8.60. The van der Waals surface area contributed by atoms with E-state index in [1.54, 1.807) is 6.92 Å². The van der Waals surface area contributed by atoms with Crippen molar-refractivity contribution in [2.45, 2.75) is 65.8 Å². The van der Waals surface area contributed by atoms with E-state index in [-0.39, 0.29) is 28.4 Å². The summed E-state index contributed by atoms with van der Waals surface area (Å²) in [5, 5.41) is 0.0849. The number of rotatable bonds is 8. The van der Waals surface area contributed by atoms with Crippen molar-refractivity contribution < 1.29 is 18.8 Å². The molecule has 0 aliphatic heterocycles. The molecule has 2 rings (SSSR count). The van der Waals surface area contributed by atoms with Crippen LogP contribution in [0, 0.1) is 17.3 Å². The first-order chi connectivity index (χ1) is 12.9. The third kappa shape index (κ3) is 4.99. The van der Waals surface area contributed by atoms with Gasteiger partial charge >= 0.3 is 0 Å². The summed E-state index contributed by atoms with van der Waals surface area (Å²) in [5.41, 5.74) is 0.391. The molecular weight excluding hydrogens is 368 g/mol. The van der Waals surface area contributed by atoms with Gasteiger partial charge in [-0.05, 0) is 30.6 Å². The maximum atomic E-state index is 12.9. The molecule has 3 atom stereocenters. The third-order valence-corrected chi connectivity index (χ3v) is 11.3. The van der Waals surface area contributed by atoms with Crippen molar-refractivity contribution in [3.05, 3.63) is 35.9 Å². The van der Waals surface area contributed by atoms with E-state index in [0.717, 1.165) is 5.56 Å². The van der Waals surface area contributed by atoms with Crippen LogP contribution in [0.25, 0.3) is 0 Å². The Morgan fingerprint density at radius 1 is 1.21 bits per heavy atom. The van der Waals surface area contributed by atoms with Gasteiger partial charge in [-0.3, -0.25) is 9.59 Å². The Kier molecular flexibility index (Phi) is 7.06. The Bertz CT molecular complexity index is 692. The molecule has 0 spiro atoms. The highest BCUT2D eigenvalue weighted by Crippen LogP contribution is 2.46. The van der Waals surface area contributed by atoms with Crippen molar-refractivity contribution in [2.75, 3.05) is 13.2 Å². The molecule has 1 saturated carbocycles. The normalized spacial score (nSPS) is 25.9. The summed E-state index contributed by atoms with van der Waals surface area (Å²) < 4.78 is 12.4. The Balaban J connectivity index is 2.14. The minimum absolute atomic E-state index is 0.0731. The number of benzene rings is 1. The molecular formula is C23H36O4Si. The van der Waals surface area contributed by atoms with Gasteiger partial charge in [0.25, 0.3) is 0 Å². The van der Waals surface area contributed by atoms with Crippen molar-refractivity contribution in [3.63, 3.8) is 0 Å². The van der Waals surface area contributed by atoms with Gasteiger partial charge in [-0.2, -0.15) is 0 Å². The van der Waals surface area contributed by atoms with Crippen molar-refractivity contribution in [1.82, 2.24) is 0 Å². The zero-order valence-electron chi connectivity index (χ0n) is 18.5. The van der Waals surface area contributed by atoms with Gasteiger partial charge < -0.3 is 9.16 Å². The average molecular weight is 405 g/mol.